The van der Waals surface area contributed by atoms with Crippen LogP contribution in [0.2, 0.25) is 0 Å². The quantitative estimate of drug-likeness (QED) is 0.688. The van der Waals surface area contributed by atoms with Gasteiger partial charge in [0.2, 0.25) is 0 Å². The van der Waals surface area contributed by atoms with Crippen LogP contribution in [-0.4, -0.2) is 23.7 Å². The van der Waals surface area contributed by atoms with E-state index in [2.05, 4.69) is 5.32 Å². The summed E-state index contributed by atoms with van der Waals surface area (Å²) >= 11 is 0. The fraction of sp³-hybridized carbons (Fsp3) is 0.375. The lowest BCUT2D eigenvalue weighted by atomic mass is 10.4. The predicted molar refractivity (Wildman–Crippen MR) is 42.7 cm³/mol. The maximum Gasteiger partial charge on any atom is 0.287 e. The minimum atomic E-state index is -0.538. The number of hydrogen-bond donors (Lipinski definition) is 2. The van der Waals surface area contributed by atoms with Crippen LogP contribution in [-0.2, 0) is 0 Å². The lowest BCUT2D eigenvalue weighted by molar-refractivity contribution is 0.0896. The molecule has 0 fully saturated rings. The van der Waals surface area contributed by atoms with Gasteiger partial charge in [-0.3, -0.25) is 4.79 Å². The smallest absolute Gasteiger partial charge is 0.287 e. The van der Waals surface area contributed by atoms with Crippen molar-refractivity contribution in [1.82, 2.24) is 5.32 Å². The first-order valence-corrected chi connectivity index (χ1v) is 3.70. The standard InChI is InChI=1S/C8H11NO3/c1-6(10)5-9-8(11)7-3-2-4-12-7/h2-4,6,10H,5H2,1H3,(H,9,11). The second-order valence-corrected chi connectivity index (χ2v) is 2.54. The van der Waals surface area contributed by atoms with E-state index in [-0.39, 0.29) is 18.2 Å². The molecule has 1 rings (SSSR count). The Morgan fingerprint density at radius 1 is 1.83 bits per heavy atom. The third-order valence-electron chi connectivity index (χ3n) is 1.30. The molecule has 0 aliphatic rings. The maximum absolute atomic E-state index is 11.1. The molecule has 1 aromatic rings. The van der Waals surface area contributed by atoms with Gasteiger partial charge in [0.1, 0.15) is 0 Å². The Morgan fingerprint density at radius 2 is 2.58 bits per heavy atom. The van der Waals surface area contributed by atoms with Crippen molar-refractivity contribution >= 4 is 5.91 Å². The van der Waals surface area contributed by atoms with Crippen LogP contribution < -0.4 is 5.32 Å². The Morgan fingerprint density at radius 3 is 3.08 bits per heavy atom. The summed E-state index contributed by atoms with van der Waals surface area (Å²) in [7, 11) is 0. The summed E-state index contributed by atoms with van der Waals surface area (Å²) in [5, 5.41) is 11.4. The molecule has 1 amide bonds. The number of nitrogens with one attached hydrogen (secondary N) is 1. The molecule has 4 nitrogen and oxygen atoms in total. The normalized spacial score (nSPS) is 12.5. The van der Waals surface area contributed by atoms with Gasteiger partial charge in [0.15, 0.2) is 5.76 Å². The fourth-order valence-electron chi connectivity index (χ4n) is 0.735. The van der Waals surface area contributed by atoms with Crippen LogP contribution in [0.5, 0.6) is 0 Å². The van der Waals surface area contributed by atoms with E-state index in [9.17, 15) is 4.79 Å². The monoisotopic (exact) mass is 169 g/mol. The van der Waals surface area contributed by atoms with Crippen molar-refractivity contribution in [2.45, 2.75) is 13.0 Å². The van der Waals surface area contributed by atoms with E-state index in [0.717, 1.165) is 0 Å². The van der Waals surface area contributed by atoms with E-state index in [1.807, 2.05) is 0 Å². The molecule has 0 aromatic carbocycles. The van der Waals surface area contributed by atoms with Crippen molar-refractivity contribution in [2.24, 2.45) is 0 Å². The van der Waals surface area contributed by atoms with Gasteiger partial charge in [-0.1, -0.05) is 0 Å². The molecule has 0 spiro atoms. The van der Waals surface area contributed by atoms with E-state index in [4.69, 9.17) is 9.52 Å². The van der Waals surface area contributed by atoms with Gasteiger partial charge in [0, 0.05) is 6.54 Å². The minimum absolute atomic E-state index is 0.236. The predicted octanol–water partition coefficient (Wildman–Crippen LogP) is 0.390. The van der Waals surface area contributed by atoms with Crippen LogP contribution in [0.4, 0.5) is 0 Å². The van der Waals surface area contributed by atoms with Crippen molar-refractivity contribution in [3.8, 4) is 0 Å². The lowest BCUT2D eigenvalue weighted by Crippen LogP contribution is -2.30. The second kappa shape index (κ2) is 3.92. The Bertz CT molecular complexity index is 241. The highest BCUT2D eigenvalue weighted by atomic mass is 16.3. The molecule has 1 unspecified atom stereocenters. The van der Waals surface area contributed by atoms with Crippen molar-refractivity contribution in [3.05, 3.63) is 24.2 Å². The van der Waals surface area contributed by atoms with Crippen LogP contribution in [0.1, 0.15) is 17.5 Å². The molecule has 4 heteroatoms. The van der Waals surface area contributed by atoms with Crippen molar-refractivity contribution < 1.29 is 14.3 Å². The van der Waals surface area contributed by atoms with Gasteiger partial charge in [0.25, 0.3) is 5.91 Å². The zero-order valence-electron chi connectivity index (χ0n) is 6.78. The maximum atomic E-state index is 11.1. The van der Waals surface area contributed by atoms with E-state index in [1.165, 1.54) is 6.26 Å². The molecule has 0 radical (unpaired) electrons. The third-order valence-corrected chi connectivity index (χ3v) is 1.30. The summed E-state index contributed by atoms with van der Waals surface area (Å²) in [5.41, 5.74) is 0. The topological polar surface area (TPSA) is 62.5 Å². The number of furan rings is 1. The molecule has 0 bridgehead atoms. The van der Waals surface area contributed by atoms with Gasteiger partial charge in [-0.25, -0.2) is 0 Å². The highest BCUT2D eigenvalue weighted by molar-refractivity contribution is 5.91. The summed E-state index contributed by atoms with van der Waals surface area (Å²) < 4.78 is 4.83. The number of carbonyl (C=O) groups excluding carboxylic acids is 1. The molecule has 0 aliphatic heterocycles. The van der Waals surface area contributed by atoms with Crippen LogP contribution in [0.15, 0.2) is 22.8 Å². The van der Waals surface area contributed by atoms with Gasteiger partial charge < -0.3 is 14.8 Å². The zero-order chi connectivity index (χ0) is 8.97. The lowest BCUT2D eigenvalue weighted by Gasteiger charge is -2.04. The minimum Gasteiger partial charge on any atom is -0.459 e. The number of amides is 1. The van der Waals surface area contributed by atoms with Gasteiger partial charge in [-0.15, -0.1) is 0 Å². The Labute approximate surface area is 70.2 Å². The Balaban J connectivity index is 2.40. The van der Waals surface area contributed by atoms with Gasteiger partial charge in [0.05, 0.1) is 12.4 Å². The molecule has 12 heavy (non-hydrogen) atoms. The first-order valence-electron chi connectivity index (χ1n) is 3.70. The summed E-state index contributed by atoms with van der Waals surface area (Å²) in [6, 6.07) is 3.20. The average molecular weight is 169 g/mol. The van der Waals surface area contributed by atoms with Crippen molar-refractivity contribution in [2.75, 3.05) is 6.54 Å². The molecular weight excluding hydrogens is 158 g/mol. The van der Waals surface area contributed by atoms with E-state index < -0.39 is 6.10 Å². The molecule has 1 aromatic heterocycles. The number of aliphatic hydroxyl groups excluding tert-OH is 1. The largest absolute Gasteiger partial charge is 0.459 e. The summed E-state index contributed by atoms with van der Waals surface area (Å²) in [6.07, 6.45) is 0.890. The first-order chi connectivity index (χ1) is 5.70. The fourth-order valence-corrected chi connectivity index (χ4v) is 0.735. The van der Waals surface area contributed by atoms with Crippen molar-refractivity contribution in [3.63, 3.8) is 0 Å². The molecule has 0 saturated heterocycles. The van der Waals surface area contributed by atoms with Crippen LogP contribution in [0.25, 0.3) is 0 Å². The Hall–Kier alpha value is -1.29. The number of hydrogen-bond acceptors (Lipinski definition) is 3. The summed E-state index contributed by atoms with van der Waals surface area (Å²) in [5.74, 6) is -0.0449. The highest BCUT2D eigenvalue weighted by Gasteiger charge is 2.07. The van der Waals surface area contributed by atoms with Gasteiger partial charge >= 0.3 is 0 Å². The first kappa shape index (κ1) is 8.80. The van der Waals surface area contributed by atoms with Gasteiger partial charge in [-0.05, 0) is 19.1 Å². The third kappa shape index (κ3) is 2.39. The van der Waals surface area contributed by atoms with E-state index in [0.29, 0.717) is 0 Å². The number of rotatable bonds is 3. The molecule has 0 saturated carbocycles. The van der Waals surface area contributed by atoms with Crippen LogP contribution in [0, 0.1) is 0 Å². The number of aliphatic hydroxyl groups is 1. The van der Waals surface area contributed by atoms with E-state index in [1.54, 1.807) is 19.1 Å². The second-order valence-electron chi connectivity index (χ2n) is 2.54. The molecule has 0 aliphatic carbocycles. The highest BCUT2D eigenvalue weighted by Crippen LogP contribution is 1.98. The zero-order valence-corrected chi connectivity index (χ0v) is 6.78. The molecule has 1 atom stereocenters. The molecule has 1 heterocycles. The van der Waals surface area contributed by atoms with Crippen LogP contribution >= 0.6 is 0 Å². The molecule has 66 valence electrons. The summed E-state index contributed by atoms with van der Waals surface area (Å²) in [4.78, 5) is 11.1. The average Bonchev–Trinajstić information content (AvgIpc) is 2.51. The molecule has 2 N–H and O–H groups in total. The SMILES string of the molecule is CC(O)CNC(=O)c1ccco1. The van der Waals surface area contributed by atoms with Gasteiger partial charge in [-0.2, -0.15) is 0 Å². The Kier molecular flexibility index (Phi) is 2.88. The van der Waals surface area contributed by atoms with Crippen LogP contribution in [0.3, 0.4) is 0 Å². The number of carbonyl (C=O) groups is 1. The van der Waals surface area contributed by atoms with Crippen molar-refractivity contribution in [1.29, 1.82) is 0 Å². The summed E-state index contributed by atoms with van der Waals surface area (Å²) in [6.45, 7) is 1.84. The van der Waals surface area contributed by atoms with E-state index >= 15 is 0 Å². The molecular formula is C8H11NO3.